The lowest BCUT2D eigenvalue weighted by molar-refractivity contribution is -0.120. The molecule has 3 aromatic rings. The summed E-state index contributed by atoms with van der Waals surface area (Å²) in [5.41, 5.74) is 2.57. The molecule has 5 nitrogen and oxygen atoms in total. The Morgan fingerprint density at radius 2 is 1.93 bits per heavy atom. The van der Waals surface area contributed by atoms with Crippen molar-refractivity contribution in [2.24, 2.45) is 5.92 Å². The Labute approximate surface area is 178 Å². The van der Waals surface area contributed by atoms with Crippen LogP contribution >= 0.6 is 22.7 Å². The largest absolute Gasteiger partial charge is 0.462 e. The van der Waals surface area contributed by atoms with Crippen LogP contribution in [0.25, 0.3) is 20.8 Å². The molecule has 0 unspecified atom stereocenters. The standard InChI is InChI=1S/C22H24N2O3S2/c1-3-27-22(26)18-13(2)17(20-23-15-11-7-8-12-16(15)28-20)21(29-18)24-19(25)14-9-5-4-6-10-14/h7-8,11-12,14H,3-6,9-10H2,1-2H3,(H,24,25). The molecule has 0 aliphatic heterocycles. The molecule has 2 heterocycles. The van der Waals surface area contributed by atoms with Gasteiger partial charge in [0.2, 0.25) is 5.91 Å². The number of carbonyl (C=O) groups is 2. The average molecular weight is 429 g/mol. The highest BCUT2D eigenvalue weighted by Gasteiger charge is 2.27. The summed E-state index contributed by atoms with van der Waals surface area (Å²) in [5, 5.41) is 4.63. The SMILES string of the molecule is CCOC(=O)c1sc(NC(=O)C2CCCCC2)c(-c2nc3ccccc3s2)c1C. The zero-order valence-electron chi connectivity index (χ0n) is 16.6. The summed E-state index contributed by atoms with van der Waals surface area (Å²) in [7, 11) is 0. The molecule has 1 aromatic carbocycles. The van der Waals surface area contributed by atoms with Gasteiger partial charge < -0.3 is 10.1 Å². The van der Waals surface area contributed by atoms with Crippen LogP contribution in [0.5, 0.6) is 0 Å². The number of esters is 1. The number of carbonyl (C=O) groups excluding carboxylic acids is 2. The van der Waals surface area contributed by atoms with Crippen LogP contribution in [0.2, 0.25) is 0 Å². The molecule has 0 saturated heterocycles. The molecule has 0 bridgehead atoms. The Morgan fingerprint density at radius 1 is 1.17 bits per heavy atom. The molecule has 7 heteroatoms. The Hall–Kier alpha value is -2.25. The van der Waals surface area contributed by atoms with E-state index in [1.165, 1.54) is 17.8 Å². The van der Waals surface area contributed by atoms with E-state index in [0.29, 0.717) is 16.5 Å². The minimum Gasteiger partial charge on any atom is -0.462 e. The topological polar surface area (TPSA) is 68.3 Å². The number of nitrogens with zero attached hydrogens (tertiary/aromatic N) is 1. The summed E-state index contributed by atoms with van der Waals surface area (Å²) >= 11 is 2.86. The molecule has 0 atom stereocenters. The third-order valence-electron chi connectivity index (χ3n) is 5.33. The van der Waals surface area contributed by atoms with Gasteiger partial charge in [-0.05, 0) is 44.4 Å². The maximum atomic E-state index is 12.9. The first-order chi connectivity index (χ1) is 14.1. The quantitative estimate of drug-likeness (QED) is 0.504. The van der Waals surface area contributed by atoms with E-state index in [0.717, 1.165) is 52.0 Å². The van der Waals surface area contributed by atoms with Crippen LogP contribution in [0.15, 0.2) is 24.3 Å². The Balaban J connectivity index is 1.74. The molecular weight excluding hydrogens is 404 g/mol. The molecule has 1 saturated carbocycles. The fourth-order valence-electron chi connectivity index (χ4n) is 3.81. The zero-order valence-corrected chi connectivity index (χ0v) is 18.3. The number of amides is 1. The van der Waals surface area contributed by atoms with E-state index in [2.05, 4.69) is 5.32 Å². The first kappa shape index (κ1) is 20.0. The van der Waals surface area contributed by atoms with Gasteiger partial charge in [-0.25, -0.2) is 9.78 Å². The van der Waals surface area contributed by atoms with E-state index in [1.54, 1.807) is 18.3 Å². The lowest BCUT2D eigenvalue weighted by atomic mass is 9.89. The summed E-state index contributed by atoms with van der Waals surface area (Å²) in [6.07, 6.45) is 5.25. The number of rotatable bonds is 5. The van der Waals surface area contributed by atoms with Crippen molar-refractivity contribution in [1.82, 2.24) is 4.98 Å². The van der Waals surface area contributed by atoms with Crippen LogP contribution in [0, 0.1) is 12.8 Å². The fourth-order valence-corrected chi connectivity index (χ4v) is 6.05. The molecular formula is C22H24N2O3S2. The fraction of sp³-hybridized carbons (Fsp3) is 0.409. The number of thiophene rings is 1. The molecule has 4 rings (SSSR count). The van der Waals surface area contributed by atoms with E-state index in [-0.39, 0.29) is 17.8 Å². The molecule has 1 N–H and O–H groups in total. The second-order valence-electron chi connectivity index (χ2n) is 7.29. The number of hydrogen-bond acceptors (Lipinski definition) is 6. The van der Waals surface area contributed by atoms with Gasteiger partial charge in [0.15, 0.2) is 0 Å². The van der Waals surface area contributed by atoms with Crippen molar-refractivity contribution in [2.45, 2.75) is 46.0 Å². The van der Waals surface area contributed by atoms with Gasteiger partial charge in [-0.2, -0.15) is 0 Å². The minimum absolute atomic E-state index is 0.0421. The highest BCUT2D eigenvalue weighted by Crippen LogP contribution is 2.44. The Bertz CT molecular complexity index is 1010. The summed E-state index contributed by atoms with van der Waals surface area (Å²) in [5.74, 6) is -0.264. The number of thiazole rings is 1. The van der Waals surface area contributed by atoms with Gasteiger partial charge in [0.25, 0.3) is 0 Å². The van der Waals surface area contributed by atoms with Gasteiger partial charge in [0, 0.05) is 11.5 Å². The van der Waals surface area contributed by atoms with Crippen LogP contribution in [0.4, 0.5) is 5.00 Å². The number of ether oxygens (including phenoxy) is 1. The molecule has 2 aromatic heterocycles. The number of anilines is 1. The van der Waals surface area contributed by atoms with Crippen molar-refractivity contribution in [1.29, 1.82) is 0 Å². The van der Waals surface area contributed by atoms with E-state index in [4.69, 9.17) is 9.72 Å². The number of nitrogens with one attached hydrogen (secondary N) is 1. The predicted molar refractivity (Wildman–Crippen MR) is 119 cm³/mol. The van der Waals surface area contributed by atoms with Crippen molar-refractivity contribution in [2.75, 3.05) is 11.9 Å². The number of para-hydroxylation sites is 1. The van der Waals surface area contributed by atoms with Gasteiger partial charge in [0.1, 0.15) is 14.9 Å². The van der Waals surface area contributed by atoms with Crippen molar-refractivity contribution in [3.8, 4) is 10.6 Å². The van der Waals surface area contributed by atoms with Crippen molar-refractivity contribution in [3.63, 3.8) is 0 Å². The van der Waals surface area contributed by atoms with Crippen LogP contribution in [0.1, 0.15) is 54.3 Å². The van der Waals surface area contributed by atoms with Gasteiger partial charge in [0.05, 0.1) is 16.8 Å². The van der Waals surface area contributed by atoms with Gasteiger partial charge in [-0.3, -0.25) is 4.79 Å². The third-order valence-corrected chi connectivity index (χ3v) is 7.57. The van der Waals surface area contributed by atoms with Crippen LogP contribution in [-0.4, -0.2) is 23.5 Å². The monoisotopic (exact) mass is 428 g/mol. The maximum Gasteiger partial charge on any atom is 0.348 e. The lowest BCUT2D eigenvalue weighted by Crippen LogP contribution is -2.24. The normalized spacial score (nSPS) is 14.8. The molecule has 29 heavy (non-hydrogen) atoms. The van der Waals surface area contributed by atoms with Crippen LogP contribution < -0.4 is 5.32 Å². The Kier molecular flexibility index (Phi) is 5.96. The summed E-state index contributed by atoms with van der Waals surface area (Å²) in [6, 6.07) is 7.96. The summed E-state index contributed by atoms with van der Waals surface area (Å²) in [6.45, 7) is 4.01. The highest BCUT2D eigenvalue weighted by atomic mass is 32.1. The highest BCUT2D eigenvalue weighted by molar-refractivity contribution is 7.23. The number of hydrogen-bond donors (Lipinski definition) is 1. The van der Waals surface area contributed by atoms with Crippen LogP contribution in [-0.2, 0) is 9.53 Å². The third kappa shape index (κ3) is 4.07. The van der Waals surface area contributed by atoms with Gasteiger partial charge in [-0.15, -0.1) is 22.7 Å². The van der Waals surface area contributed by atoms with Crippen molar-refractivity contribution < 1.29 is 14.3 Å². The smallest absolute Gasteiger partial charge is 0.348 e. The molecule has 152 valence electrons. The molecule has 1 fully saturated rings. The first-order valence-electron chi connectivity index (χ1n) is 10.1. The van der Waals surface area contributed by atoms with E-state index < -0.39 is 0 Å². The second-order valence-corrected chi connectivity index (χ2v) is 9.34. The minimum atomic E-state index is -0.351. The maximum absolute atomic E-state index is 12.9. The van der Waals surface area contributed by atoms with Crippen molar-refractivity contribution >= 4 is 49.8 Å². The first-order valence-corrected chi connectivity index (χ1v) is 11.7. The predicted octanol–water partition coefficient (Wildman–Crippen LogP) is 6.03. The summed E-state index contributed by atoms with van der Waals surface area (Å²) in [4.78, 5) is 30.7. The number of benzene rings is 1. The van der Waals surface area contributed by atoms with E-state index in [9.17, 15) is 9.59 Å². The number of aromatic nitrogens is 1. The van der Waals surface area contributed by atoms with Gasteiger partial charge in [-0.1, -0.05) is 31.4 Å². The second kappa shape index (κ2) is 8.63. The Morgan fingerprint density at radius 3 is 2.66 bits per heavy atom. The zero-order chi connectivity index (χ0) is 20.4. The summed E-state index contributed by atoms with van der Waals surface area (Å²) < 4.78 is 6.31. The van der Waals surface area contributed by atoms with E-state index in [1.807, 2.05) is 31.2 Å². The molecule has 1 aliphatic rings. The van der Waals surface area contributed by atoms with Crippen LogP contribution in [0.3, 0.4) is 0 Å². The van der Waals surface area contributed by atoms with Gasteiger partial charge >= 0.3 is 5.97 Å². The average Bonchev–Trinajstić information content (AvgIpc) is 3.29. The van der Waals surface area contributed by atoms with Crippen molar-refractivity contribution in [3.05, 3.63) is 34.7 Å². The molecule has 1 aliphatic carbocycles. The molecule has 1 amide bonds. The molecule has 0 radical (unpaired) electrons. The number of fused-ring (bicyclic) bond motifs is 1. The molecule has 0 spiro atoms. The van der Waals surface area contributed by atoms with E-state index >= 15 is 0 Å². The lowest BCUT2D eigenvalue weighted by Gasteiger charge is -2.20.